The van der Waals surface area contributed by atoms with Gasteiger partial charge in [0.05, 0.1) is 24.3 Å². The van der Waals surface area contributed by atoms with E-state index in [-0.39, 0.29) is 5.97 Å². The van der Waals surface area contributed by atoms with Gasteiger partial charge < -0.3 is 14.5 Å². The van der Waals surface area contributed by atoms with Crippen LogP contribution in [0.1, 0.15) is 29.3 Å². The lowest BCUT2D eigenvalue weighted by atomic mass is 10.2. The Morgan fingerprint density at radius 2 is 1.92 bits per heavy atom. The van der Waals surface area contributed by atoms with Crippen molar-refractivity contribution in [2.45, 2.75) is 32.4 Å². The third kappa shape index (κ3) is 2.90. The summed E-state index contributed by atoms with van der Waals surface area (Å²) in [5, 5.41) is 0. The van der Waals surface area contributed by atoms with Crippen LogP contribution in [0, 0.1) is 6.92 Å². The lowest BCUT2D eigenvalue weighted by molar-refractivity contribution is 0.0525. The number of nitrogens with zero attached hydrogens (tertiary/aromatic N) is 5. The molecule has 0 aliphatic carbocycles. The number of esters is 1. The van der Waals surface area contributed by atoms with Gasteiger partial charge in [-0.3, -0.25) is 0 Å². The van der Waals surface area contributed by atoms with Gasteiger partial charge in [-0.25, -0.2) is 19.7 Å². The minimum atomic E-state index is -0.381. The second kappa shape index (κ2) is 6.31. The van der Waals surface area contributed by atoms with E-state index in [1.54, 1.807) is 19.3 Å². The van der Waals surface area contributed by atoms with Crippen molar-refractivity contribution in [1.82, 2.24) is 15.0 Å². The van der Waals surface area contributed by atoms with Crippen molar-refractivity contribution >= 4 is 17.7 Å². The number of hydrogen-bond acceptors (Lipinski definition) is 7. The summed E-state index contributed by atoms with van der Waals surface area (Å²) < 4.78 is 4.97. The second-order valence-corrected chi connectivity index (χ2v) is 6.53. The number of hydrogen-bond donors (Lipinski definition) is 0. The normalized spacial score (nSPS) is 21.7. The summed E-state index contributed by atoms with van der Waals surface area (Å²) in [6, 6.07) is 4.95. The Hall–Kier alpha value is -2.70. The summed E-state index contributed by atoms with van der Waals surface area (Å²) in [6.07, 6.45) is 6.04. The lowest BCUT2D eigenvalue weighted by Gasteiger charge is -2.35. The van der Waals surface area contributed by atoms with Gasteiger partial charge in [0, 0.05) is 31.7 Å². The molecule has 0 amide bonds. The van der Waals surface area contributed by atoms with E-state index in [9.17, 15) is 4.79 Å². The fourth-order valence-electron chi connectivity index (χ4n) is 3.66. The van der Waals surface area contributed by atoms with Gasteiger partial charge in [-0.2, -0.15) is 0 Å². The van der Waals surface area contributed by atoms with Gasteiger partial charge >= 0.3 is 5.97 Å². The van der Waals surface area contributed by atoms with E-state index in [1.165, 1.54) is 5.56 Å². The standard InChI is InChI=1S/C18H21N5O2/c1-3-25-17(24)13-8-20-18(21-9-13)23-11-14-7-15(23)10-22(14)16-6-12(2)4-5-19-16/h4-6,8-9,14-15H,3,7,10-11H2,1-2H3/t14-,15-/m0/s1. The van der Waals surface area contributed by atoms with Gasteiger partial charge in [0.2, 0.25) is 5.95 Å². The maximum absolute atomic E-state index is 11.7. The highest BCUT2D eigenvalue weighted by atomic mass is 16.5. The first kappa shape index (κ1) is 15.8. The summed E-state index contributed by atoms with van der Waals surface area (Å²) in [5.41, 5.74) is 1.61. The zero-order valence-electron chi connectivity index (χ0n) is 14.4. The molecule has 2 fully saturated rings. The van der Waals surface area contributed by atoms with Gasteiger partial charge in [0.25, 0.3) is 0 Å². The molecule has 0 N–H and O–H groups in total. The zero-order chi connectivity index (χ0) is 17.4. The van der Waals surface area contributed by atoms with Gasteiger partial charge in [-0.1, -0.05) is 0 Å². The van der Waals surface area contributed by atoms with Crippen LogP contribution in [-0.4, -0.2) is 52.7 Å². The number of carbonyl (C=O) groups is 1. The number of fused-ring (bicyclic) bond motifs is 2. The summed E-state index contributed by atoms with van der Waals surface area (Å²) in [6.45, 7) is 6.01. The Kier molecular flexibility index (Phi) is 3.99. The highest BCUT2D eigenvalue weighted by Crippen LogP contribution is 2.35. The van der Waals surface area contributed by atoms with Crippen LogP contribution in [0.25, 0.3) is 0 Å². The Balaban J connectivity index is 1.46. The Bertz CT molecular complexity index is 779. The van der Waals surface area contributed by atoms with E-state index in [2.05, 4.69) is 37.7 Å². The number of aromatic nitrogens is 3. The first-order valence-corrected chi connectivity index (χ1v) is 8.61. The van der Waals surface area contributed by atoms with Crippen molar-refractivity contribution in [1.29, 1.82) is 0 Å². The second-order valence-electron chi connectivity index (χ2n) is 6.53. The molecular weight excluding hydrogens is 318 g/mol. The molecule has 0 saturated carbocycles. The minimum absolute atomic E-state index is 0.347. The number of aryl methyl sites for hydroxylation is 1. The first-order valence-electron chi connectivity index (χ1n) is 8.61. The Labute approximate surface area is 146 Å². The lowest BCUT2D eigenvalue weighted by Crippen LogP contribution is -2.47. The number of piperazine rings is 1. The summed E-state index contributed by atoms with van der Waals surface area (Å²) in [4.78, 5) is 29.6. The molecule has 2 aromatic heterocycles. The van der Waals surface area contributed by atoms with Crippen LogP contribution in [0.3, 0.4) is 0 Å². The van der Waals surface area contributed by atoms with Crippen molar-refractivity contribution in [3.63, 3.8) is 0 Å². The summed E-state index contributed by atoms with van der Waals surface area (Å²) >= 11 is 0. The van der Waals surface area contributed by atoms with Gasteiger partial charge in [0.1, 0.15) is 5.82 Å². The fraction of sp³-hybridized carbons (Fsp3) is 0.444. The minimum Gasteiger partial charge on any atom is -0.462 e. The molecule has 2 atom stereocenters. The third-order valence-electron chi connectivity index (χ3n) is 4.84. The molecule has 2 bridgehead atoms. The SMILES string of the molecule is CCOC(=O)c1cnc(N2C[C@@H]3C[C@H]2CN3c2cc(C)ccn2)nc1. The molecule has 0 unspecified atom stereocenters. The monoisotopic (exact) mass is 339 g/mol. The van der Waals surface area contributed by atoms with Gasteiger partial charge in [-0.05, 0) is 38.0 Å². The van der Waals surface area contributed by atoms with Crippen LogP contribution in [0.5, 0.6) is 0 Å². The zero-order valence-corrected chi connectivity index (χ0v) is 14.4. The van der Waals surface area contributed by atoms with Crippen molar-refractivity contribution in [3.05, 3.63) is 41.9 Å². The predicted octanol–water partition coefficient (Wildman–Crippen LogP) is 1.82. The van der Waals surface area contributed by atoms with Gasteiger partial charge in [0.15, 0.2) is 0 Å². The molecule has 2 aromatic rings. The average molecular weight is 339 g/mol. The van der Waals surface area contributed by atoms with Crippen molar-refractivity contribution in [3.8, 4) is 0 Å². The van der Waals surface area contributed by atoms with Gasteiger partial charge in [-0.15, -0.1) is 0 Å². The third-order valence-corrected chi connectivity index (χ3v) is 4.84. The molecule has 2 saturated heterocycles. The summed E-state index contributed by atoms with van der Waals surface area (Å²) in [7, 11) is 0. The van der Waals surface area contributed by atoms with E-state index in [0.29, 0.717) is 30.2 Å². The largest absolute Gasteiger partial charge is 0.462 e. The molecule has 25 heavy (non-hydrogen) atoms. The van der Waals surface area contributed by atoms with Crippen LogP contribution in [0.2, 0.25) is 0 Å². The highest BCUT2D eigenvalue weighted by molar-refractivity contribution is 5.88. The van der Waals surface area contributed by atoms with Crippen LogP contribution in [-0.2, 0) is 4.74 Å². The molecule has 130 valence electrons. The quantitative estimate of drug-likeness (QED) is 0.787. The fourth-order valence-corrected chi connectivity index (χ4v) is 3.66. The number of carbonyl (C=O) groups excluding carboxylic acids is 1. The number of rotatable bonds is 4. The van der Waals surface area contributed by atoms with E-state index in [0.717, 1.165) is 25.3 Å². The van der Waals surface area contributed by atoms with Crippen molar-refractivity contribution in [2.24, 2.45) is 0 Å². The van der Waals surface area contributed by atoms with E-state index >= 15 is 0 Å². The highest BCUT2D eigenvalue weighted by Gasteiger charge is 2.44. The molecular formula is C18H21N5O2. The molecule has 4 rings (SSSR count). The first-order chi connectivity index (χ1) is 12.2. The molecule has 0 radical (unpaired) electrons. The molecule has 7 nitrogen and oxygen atoms in total. The number of ether oxygens (including phenoxy) is 1. The Morgan fingerprint density at radius 3 is 2.56 bits per heavy atom. The van der Waals surface area contributed by atoms with E-state index in [1.807, 2.05) is 12.3 Å². The van der Waals surface area contributed by atoms with E-state index < -0.39 is 0 Å². The maximum atomic E-state index is 11.7. The molecule has 4 heterocycles. The number of anilines is 2. The van der Waals surface area contributed by atoms with E-state index in [4.69, 9.17) is 4.74 Å². The smallest absolute Gasteiger partial charge is 0.341 e. The maximum Gasteiger partial charge on any atom is 0.341 e. The topological polar surface area (TPSA) is 71.5 Å². The number of pyridine rings is 1. The molecule has 7 heteroatoms. The molecule has 2 aliphatic rings. The van der Waals surface area contributed by atoms with Crippen molar-refractivity contribution in [2.75, 3.05) is 29.5 Å². The van der Waals surface area contributed by atoms with Crippen LogP contribution < -0.4 is 9.80 Å². The van der Waals surface area contributed by atoms with Crippen LogP contribution >= 0.6 is 0 Å². The summed E-state index contributed by atoms with van der Waals surface area (Å²) in [5.74, 6) is 1.34. The predicted molar refractivity (Wildman–Crippen MR) is 93.8 cm³/mol. The van der Waals surface area contributed by atoms with Crippen LogP contribution in [0.15, 0.2) is 30.7 Å². The Morgan fingerprint density at radius 1 is 1.20 bits per heavy atom. The average Bonchev–Trinajstić information content (AvgIpc) is 3.23. The van der Waals surface area contributed by atoms with Crippen molar-refractivity contribution < 1.29 is 9.53 Å². The van der Waals surface area contributed by atoms with Crippen LogP contribution in [0.4, 0.5) is 11.8 Å². The molecule has 2 aliphatic heterocycles. The molecule has 0 aromatic carbocycles. The molecule has 0 spiro atoms.